The molecular formula is C19H23NO2. The number of hydrogen-bond acceptors (Lipinski definition) is 2. The van der Waals surface area contributed by atoms with Crippen LogP contribution in [0.4, 0.5) is 0 Å². The lowest BCUT2D eigenvalue weighted by molar-refractivity contribution is -0.121. The topological polar surface area (TPSA) is 49.3 Å². The summed E-state index contributed by atoms with van der Waals surface area (Å²) in [6.45, 7) is 2.34. The Labute approximate surface area is 132 Å². The first-order valence-corrected chi connectivity index (χ1v) is 7.68. The number of aryl methyl sites for hydroxylation is 2. The van der Waals surface area contributed by atoms with Gasteiger partial charge in [-0.25, -0.2) is 0 Å². The maximum absolute atomic E-state index is 11.8. The Morgan fingerprint density at radius 3 is 2.41 bits per heavy atom. The van der Waals surface area contributed by atoms with E-state index in [1.807, 2.05) is 49.4 Å². The van der Waals surface area contributed by atoms with Gasteiger partial charge in [0.05, 0.1) is 6.10 Å². The normalized spacial score (nSPS) is 11.9. The second kappa shape index (κ2) is 8.35. The van der Waals surface area contributed by atoms with E-state index in [4.69, 9.17) is 0 Å². The Balaban J connectivity index is 1.67. The largest absolute Gasteiger partial charge is 0.391 e. The van der Waals surface area contributed by atoms with E-state index in [9.17, 15) is 9.90 Å². The lowest BCUT2D eigenvalue weighted by Crippen LogP contribution is -2.33. The van der Waals surface area contributed by atoms with E-state index in [2.05, 4.69) is 17.4 Å². The molecule has 2 aromatic carbocycles. The van der Waals surface area contributed by atoms with Crippen molar-refractivity contribution in [2.24, 2.45) is 0 Å². The Hall–Kier alpha value is -2.13. The first-order chi connectivity index (χ1) is 10.6. The van der Waals surface area contributed by atoms with Gasteiger partial charge in [-0.3, -0.25) is 4.79 Å². The minimum Gasteiger partial charge on any atom is -0.391 e. The summed E-state index contributed by atoms with van der Waals surface area (Å²) >= 11 is 0. The summed E-state index contributed by atoms with van der Waals surface area (Å²) in [7, 11) is 0. The molecule has 0 fully saturated rings. The van der Waals surface area contributed by atoms with Crippen LogP contribution in [0, 0.1) is 6.92 Å². The average molecular weight is 297 g/mol. The fraction of sp³-hybridized carbons (Fsp3) is 0.316. The number of hydrogen-bond donors (Lipinski definition) is 2. The molecule has 1 amide bonds. The molecule has 0 saturated heterocycles. The molecule has 0 heterocycles. The first kappa shape index (κ1) is 16.2. The summed E-state index contributed by atoms with van der Waals surface area (Å²) in [5, 5.41) is 12.7. The van der Waals surface area contributed by atoms with Gasteiger partial charge >= 0.3 is 0 Å². The molecule has 0 aliphatic carbocycles. The first-order valence-electron chi connectivity index (χ1n) is 7.68. The smallest absolute Gasteiger partial charge is 0.220 e. The summed E-state index contributed by atoms with van der Waals surface area (Å²) in [5.74, 6) is -0.0207. The van der Waals surface area contributed by atoms with Crippen LogP contribution in [0.5, 0.6) is 0 Å². The van der Waals surface area contributed by atoms with E-state index in [0.717, 1.165) is 17.5 Å². The van der Waals surface area contributed by atoms with E-state index >= 15 is 0 Å². The van der Waals surface area contributed by atoms with Crippen molar-refractivity contribution in [3.8, 4) is 0 Å². The standard InChI is InChI=1S/C19H23NO2/c1-15-7-9-16(10-8-15)11-12-19(22)20-14-18(21)13-17-5-3-2-4-6-17/h2-10,18,21H,11-14H2,1H3,(H,20,22). The molecule has 0 aliphatic rings. The number of benzene rings is 2. The third-order valence-electron chi connectivity index (χ3n) is 3.61. The van der Waals surface area contributed by atoms with Crippen LogP contribution < -0.4 is 5.32 Å². The zero-order valence-corrected chi connectivity index (χ0v) is 13.0. The second-order valence-corrected chi connectivity index (χ2v) is 5.63. The van der Waals surface area contributed by atoms with Crippen LogP contribution in [0.3, 0.4) is 0 Å². The molecule has 116 valence electrons. The van der Waals surface area contributed by atoms with Gasteiger partial charge < -0.3 is 10.4 Å². The molecule has 0 bridgehead atoms. The van der Waals surface area contributed by atoms with Crippen molar-refractivity contribution in [3.63, 3.8) is 0 Å². The number of carbonyl (C=O) groups excluding carboxylic acids is 1. The van der Waals surface area contributed by atoms with Crippen molar-refractivity contribution < 1.29 is 9.90 Å². The molecule has 2 rings (SSSR count). The van der Waals surface area contributed by atoms with Gasteiger partial charge in [0.25, 0.3) is 0 Å². The zero-order valence-electron chi connectivity index (χ0n) is 13.0. The molecule has 0 aliphatic heterocycles. The Kier molecular flexibility index (Phi) is 6.16. The highest BCUT2D eigenvalue weighted by Crippen LogP contribution is 2.06. The predicted octanol–water partition coefficient (Wildman–Crippen LogP) is 2.65. The van der Waals surface area contributed by atoms with Crippen molar-refractivity contribution in [3.05, 3.63) is 71.3 Å². The van der Waals surface area contributed by atoms with Crippen LogP contribution in [0.25, 0.3) is 0 Å². The van der Waals surface area contributed by atoms with Crippen molar-refractivity contribution >= 4 is 5.91 Å². The van der Waals surface area contributed by atoms with E-state index in [-0.39, 0.29) is 5.91 Å². The minimum atomic E-state index is -0.550. The van der Waals surface area contributed by atoms with E-state index in [1.54, 1.807) is 0 Å². The van der Waals surface area contributed by atoms with Gasteiger partial charge in [-0.1, -0.05) is 60.2 Å². The third kappa shape index (κ3) is 5.70. The van der Waals surface area contributed by atoms with Gasteiger partial charge in [0.2, 0.25) is 5.91 Å². The van der Waals surface area contributed by atoms with Gasteiger partial charge in [-0.05, 0) is 24.5 Å². The van der Waals surface area contributed by atoms with Crippen LogP contribution in [0.2, 0.25) is 0 Å². The minimum absolute atomic E-state index is 0.0207. The quantitative estimate of drug-likeness (QED) is 0.825. The van der Waals surface area contributed by atoms with Crippen LogP contribution in [-0.2, 0) is 17.6 Å². The van der Waals surface area contributed by atoms with Gasteiger partial charge in [-0.15, -0.1) is 0 Å². The SMILES string of the molecule is Cc1ccc(CCC(=O)NCC(O)Cc2ccccc2)cc1. The van der Waals surface area contributed by atoms with E-state index in [0.29, 0.717) is 19.4 Å². The van der Waals surface area contributed by atoms with Crippen molar-refractivity contribution in [2.45, 2.75) is 32.3 Å². The fourth-order valence-corrected chi connectivity index (χ4v) is 2.29. The lowest BCUT2D eigenvalue weighted by Gasteiger charge is -2.12. The second-order valence-electron chi connectivity index (χ2n) is 5.63. The number of rotatable bonds is 7. The summed E-state index contributed by atoms with van der Waals surface area (Å²) in [5.41, 5.74) is 3.45. The highest BCUT2D eigenvalue weighted by atomic mass is 16.3. The molecule has 3 heteroatoms. The van der Waals surface area contributed by atoms with E-state index in [1.165, 1.54) is 5.56 Å². The van der Waals surface area contributed by atoms with Gasteiger partial charge in [-0.2, -0.15) is 0 Å². The molecule has 3 nitrogen and oxygen atoms in total. The Bertz CT molecular complexity index is 578. The lowest BCUT2D eigenvalue weighted by atomic mass is 10.1. The monoisotopic (exact) mass is 297 g/mol. The highest BCUT2D eigenvalue weighted by Gasteiger charge is 2.08. The van der Waals surface area contributed by atoms with Crippen LogP contribution in [0.15, 0.2) is 54.6 Å². The number of carbonyl (C=O) groups is 1. The van der Waals surface area contributed by atoms with Crippen LogP contribution in [-0.4, -0.2) is 23.7 Å². The number of aliphatic hydroxyl groups is 1. The molecule has 1 unspecified atom stereocenters. The molecule has 0 aromatic heterocycles. The van der Waals surface area contributed by atoms with Gasteiger partial charge in [0.1, 0.15) is 0 Å². The predicted molar refractivity (Wildman–Crippen MR) is 88.7 cm³/mol. The summed E-state index contributed by atoms with van der Waals surface area (Å²) in [6.07, 6.45) is 1.17. The maximum Gasteiger partial charge on any atom is 0.220 e. The van der Waals surface area contributed by atoms with E-state index < -0.39 is 6.10 Å². The van der Waals surface area contributed by atoms with Gasteiger partial charge in [0.15, 0.2) is 0 Å². The zero-order chi connectivity index (χ0) is 15.8. The number of aliphatic hydroxyl groups excluding tert-OH is 1. The molecule has 22 heavy (non-hydrogen) atoms. The number of nitrogens with one attached hydrogen (secondary N) is 1. The summed E-state index contributed by atoms with van der Waals surface area (Å²) < 4.78 is 0. The maximum atomic E-state index is 11.8. The summed E-state index contributed by atoms with van der Waals surface area (Å²) in [6, 6.07) is 18.0. The highest BCUT2D eigenvalue weighted by molar-refractivity contribution is 5.76. The molecule has 1 atom stereocenters. The van der Waals surface area contributed by atoms with Crippen molar-refractivity contribution in [1.29, 1.82) is 0 Å². The fourth-order valence-electron chi connectivity index (χ4n) is 2.29. The van der Waals surface area contributed by atoms with Crippen molar-refractivity contribution in [1.82, 2.24) is 5.32 Å². The molecule has 2 aromatic rings. The number of amides is 1. The average Bonchev–Trinajstić information content (AvgIpc) is 2.53. The molecule has 0 spiro atoms. The molecular weight excluding hydrogens is 274 g/mol. The molecule has 2 N–H and O–H groups in total. The Morgan fingerprint density at radius 1 is 1.05 bits per heavy atom. The van der Waals surface area contributed by atoms with Crippen molar-refractivity contribution in [2.75, 3.05) is 6.54 Å². The molecule has 0 saturated carbocycles. The molecule has 0 radical (unpaired) electrons. The van der Waals surface area contributed by atoms with Crippen LogP contribution in [0.1, 0.15) is 23.1 Å². The van der Waals surface area contributed by atoms with Crippen LogP contribution >= 0.6 is 0 Å². The third-order valence-corrected chi connectivity index (χ3v) is 3.61. The summed E-state index contributed by atoms with van der Waals surface area (Å²) in [4.78, 5) is 11.8. The Morgan fingerprint density at radius 2 is 1.73 bits per heavy atom. The van der Waals surface area contributed by atoms with Gasteiger partial charge in [0, 0.05) is 19.4 Å².